The lowest BCUT2D eigenvalue weighted by Gasteiger charge is -2.32. The van der Waals surface area contributed by atoms with E-state index >= 15 is 0 Å². The zero-order chi connectivity index (χ0) is 18.0. The third-order valence-corrected chi connectivity index (χ3v) is 4.57. The molecule has 1 aliphatic heterocycles. The molecule has 0 bridgehead atoms. The third-order valence-electron chi connectivity index (χ3n) is 4.57. The van der Waals surface area contributed by atoms with Crippen molar-refractivity contribution in [3.8, 4) is 0 Å². The van der Waals surface area contributed by atoms with Crippen LogP contribution in [0.15, 0.2) is 24.4 Å². The molecule has 5 nitrogen and oxygen atoms in total. The van der Waals surface area contributed by atoms with Gasteiger partial charge in [-0.15, -0.1) is 0 Å². The van der Waals surface area contributed by atoms with Crippen molar-refractivity contribution >= 4 is 5.91 Å². The maximum atomic E-state index is 13.3. The molecule has 0 saturated carbocycles. The minimum absolute atomic E-state index is 0.0929. The van der Waals surface area contributed by atoms with Crippen molar-refractivity contribution in [1.82, 2.24) is 20.0 Å². The molecular formula is C18H22F2N4O. The highest BCUT2D eigenvalue weighted by Crippen LogP contribution is 2.16. The van der Waals surface area contributed by atoms with Gasteiger partial charge in [0.1, 0.15) is 0 Å². The van der Waals surface area contributed by atoms with Crippen LogP contribution in [0.2, 0.25) is 0 Å². The second kappa shape index (κ2) is 7.31. The molecule has 1 amide bonds. The number of likely N-dealkylation sites (tertiary alicyclic amines) is 1. The van der Waals surface area contributed by atoms with Gasteiger partial charge in [0.2, 0.25) is 0 Å². The van der Waals surface area contributed by atoms with Crippen molar-refractivity contribution in [2.45, 2.75) is 32.4 Å². The van der Waals surface area contributed by atoms with Crippen LogP contribution in [0.25, 0.3) is 0 Å². The Bertz CT molecular complexity index is 766. The first kappa shape index (κ1) is 17.5. The Morgan fingerprint density at radius 1 is 1.28 bits per heavy atom. The zero-order valence-corrected chi connectivity index (χ0v) is 14.4. The molecule has 0 unspecified atom stereocenters. The van der Waals surface area contributed by atoms with Crippen molar-refractivity contribution in [3.63, 3.8) is 0 Å². The predicted molar refractivity (Wildman–Crippen MR) is 90.1 cm³/mol. The van der Waals surface area contributed by atoms with E-state index in [4.69, 9.17) is 0 Å². The van der Waals surface area contributed by atoms with E-state index in [9.17, 15) is 13.6 Å². The van der Waals surface area contributed by atoms with Crippen LogP contribution in [0, 0.1) is 18.6 Å². The second-order valence-electron chi connectivity index (χ2n) is 6.57. The van der Waals surface area contributed by atoms with Crippen LogP contribution in [0.4, 0.5) is 8.78 Å². The summed E-state index contributed by atoms with van der Waals surface area (Å²) in [6, 6.07) is 4.13. The van der Waals surface area contributed by atoms with E-state index in [1.807, 2.05) is 6.92 Å². The van der Waals surface area contributed by atoms with Crippen LogP contribution in [0.5, 0.6) is 0 Å². The zero-order valence-electron chi connectivity index (χ0n) is 14.4. The molecule has 1 aliphatic rings. The molecule has 0 aliphatic carbocycles. The van der Waals surface area contributed by atoms with Crippen molar-refractivity contribution in [1.29, 1.82) is 0 Å². The van der Waals surface area contributed by atoms with Crippen LogP contribution in [-0.2, 0) is 13.6 Å². The monoisotopic (exact) mass is 348 g/mol. The number of hydrogen-bond acceptors (Lipinski definition) is 3. The van der Waals surface area contributed by atoms with Crippen molar-refractivity contribution in [2.24, 2.45) is 7.05 Å². The molecule has 0 spiro atoms. The Morgan fingerprint density at radius 3 is 2.60 bits per heavy atom. The quantitative estimate of drug-likeness (QED) is 0.923. The number of nitrogens with one attached hydrogen (secondary N) is 1. The maximum absolute atomic E-state index is 13.3. The minimum atomic E-state index is -0.823. The first-order valence-corrected chi connectivity index (χ1v) is 8.40. The fraction of sp³-hybridized carbons (Fsp3) is 0.444. The summed E-state index contributed by atoms with van der Waals surface area (Å²) in [4.78, 5) is 14.5. The van der Waals surface area contributed by atoms with Gasteiger partial charge < -0.3 is 5.32 Å². The highest BCUT2D eigenvalue weighted by Gasteiger charge is 2.22. The normalized spacial score (nSPS) is 16.2. The molecule has 1 fully saturated rings. The summed E-state index contributed by atoms with van der Waals surface area (Å²) in [6.07, 6.45) is 3.38. The van der Waals surface area contributed by atoms with E-state index in [0.29, 0.717) is 12.1 Å². The van der Waals surface area contributed by atoms with E-state index in [2.05, 4.69) is 15.3 Å². The Labute approximate surface area is 145 Å². The molecule has 1 aromatic heterocycles. The van der Waals surface area contributed by atoms with Gasteiger partial charge in [0, 0.05) is 38.9 Å². The summed E-state index contributed by atoms with van der Waals surface area (Å²) in [5.74, 6) is -1.73. The Balaban J connectivity index is 1.50. The standard InChI is InChI=1S/C18H22F2N4O/c1-12-15(11-23(2)22-12)18(25)21-14-5-7-24(8-6-14)10-13-3-4-16(19)17(20)9-13/h3-4,9,11,14H,5-8,10H2,1-2H3,(H,21,25). The summed E-state index contributed by atoms with van der Waals surface area (Å²) in [5.41, 5.74) is 2.08. The number of aromatic nitrogens is 2. The van der Waals surface area contributed by atoms with Crippen LogP contribution >= 0.6 is 0 Å². The molecule has 7 heteroatoms. The van der Waals surface area contributed by atoms with Gasteiger partial charge in [-0.2, -0.15) is 5.10 Å². The number of nitrogens with zero attached hydrogens (tertiary/aromatic N) is 3. The van der Waals surface area contributed by atoms with Gasteiger partial charge >= 0.3 is 0 Å². The van der Waals surface area contributed by atoms with Gasteiger partial charge in [0.05, 0.1) is 11.3 Å². The number of hydrogen-bond donors (Lipinski definition) is 1. The largest absolute Gasteiger partial charge is 0.349 e. The molecule has 25 heavy (non-hydrogen) atoms. The van der Waals surface area contributed by atoms with Crippen molar-refractivity contribution < 1.29 is 13.6 Å². The van der Waals surface area contributed by atoms with Crippen molar-refractivity contribution in [2.75, 3.05) is 13.1 Å². The summed E-state index contributed by atoms with van der Waals surface area (Å²) >= 11 is 0. The molecule has 0 atom stereocenters. The number of benzene rings is 1. The average Bonchev–Trinajstić information content (AvgIpc) is 2.91. The lowest BCUT2D eigenvalue weighted by Crippen LogP contribution is -2.44. The number of aryl methyl sites for hydroxylation is 2. The van der Waals surface area contributed by atoms with Gasteiger partial charge in [-0.05, 0) is 37.5 Å². The topological polar surface area (TPSA) is 50.2 Å². The van der Waals surface area contributed by atoms with E-state index in [1.54, 1.807) is 24.0 Å². The third kappa shape index (κ3) is 4.22. The molecule has 2 heterocycles. The SMILES string of the molecule is Cc1nn(C)cc1C(=O)NC1CCN(Cc2ccc(F)c(F)c2)CC1. The molecule has 1 saturated heterocycles. The fourth-order valence-corrected chi connectivity index (χ4v) is 3.22. The Kier molecular flexibility index (Phi) is 5.13. The van der Waals surface area contributed by atoms with Crippen LogP contribution in [-0.4, -0.2) is 39.7 Å². The second-order valence-corrected chi connectivity index (χ2v) is 6.57. The lowest BCUT2D eigenvalue weighted by atomic mass is 10.0. The number of carbonyl (C=O) groups excluding carboxylic acids is 1. The highest BCUT2D eigenvalue weighted by atomic mass is 19.2. The first-order chi connectivity index (χ1) is 11.9. The number of amides is 1. The van der Waals surface area contributed by atoms with Crippen LogP contribution in [0.3, 0.4) is 0 Å². The molecule has 1 aromatic carbocycles. The summed E-state index contributed by atoms with van der Waals surface area (Å²) < 4.78 is 27.9. The molecule has 1 N–H and O–H groups in total. The van der Waals surface area contributed by atoms with E-state index in [1.165, 1.54) is 6.07 Å². The van der Waals surface area contributed by atoms with Gasteiger partial charge in [-0.1, -0.05) is 6.07 Å². The fourth-order valence-electron chi connectivity index (χ4n) is 3.22. The molecule has 134 valence electrons. The highest BCUT2D eigenvalue weighted by molar-refractivity contribution is 5.95. The number of halogens is 2. The van der Waals surface area contributed by atoms with Crippen LogP contribution < -0.4 is 5.32 Å². The van der Waals surface area contributed by atoms with E-state index < -0.39 is 11.6 Å². The number of carbonyl (C=O) groups is 1. The summed E-state index contributed by atoms with van der Waals surface area (Å²) in [6.45, 7) is 4.00. The summed E-state index contributed by atoms with van der Waals surface area (Å²) in [7, 11) is 1.79. The van der Waals surface area contributed by atoms with Gasteiger partial charge in [-0.3, -0.25) is 14.4 Å². The molecular weight excluding hydrogens is 326 g/mol. The van der Waals surface area contributed by atoms with Gasteiger partial charge in [0.25, 0.3) is 5.91 Å². The Morgan fingerprint density at radius 2 is 2.00 bits per heavy atom. The molecule has 0 radical (unpaired) electrons. The summed E-state index contributed by atoms with van der Waals surface area (Å²) in [5, 5.41) is 7.25. The minimum Gasteiger partial charge on any atom is -0.349 e. The molecule has 2 aromatic rings. The smallest absolute Gasteiger partial charge is 0.254 e. The average molecular weight is 348 g/mol. The first-order valence-electron chi connectivity index (χ1n) is 8.40. The maximum Gasteiger partial charge on any atom is 0.254 e. The molecule has 3 rings (SSSR count). The number of piperidine rings is 1. The van der Waals surface area contributed by atoms with E-state index in [0.717, 1.165) is 43.3 Å². The lowest BCUT2D eigenvalue weighted by molar-refractivity contribution is 0.0908. The van der Waals surface area contributed by atoms with Crippen molar-refractivity contribution in [3.05, 3.63) is 52.9 Å². The predicted octanol–water partition coefficient (Wildman–Crippen LogP) is 2.40. The number of rotatable bonds is 4. The van der Waals surface area contributed by atoms with Crippen LogP contribution in [0.1, 0.15) is 34.5 Å². The van der Waals surface area contributed by atoms with Gasteiger partial charge in [0.15, 0.2) is 11.6 Å². The Hall–Kier alpha value is -2.28. The van der Waals surface area contributed by atoms with Gasteiger partial charge in [-0.25, -0.2) is 8.78 Å². The van der Waals surface area contributed by atoms with E-state index in [-0.39, 0.29) is 11.9 Å².